The fourth-order valence-electron chi connectivity index (χ4n) is 1.61. The maximum atomic E-state index is 12.0. The summed E-state index contributed by atoms with van der Waals surface area (Å²) in [5, 5.41) is 9.13. The van der Waals surface area contributed by atoms with Gasteiger partial charge in [0, 0.05) is 18.6 Å². The molecule has 0 aromatic rings. The third kappa shape index (κ3) is 2.15. The quantitative estimate of drug-likeness (QED) is 0.639. The van der Waals surface area contributed by atoms with Crippen molar-refractivity contribution in [2.45, 2.75) is 18.9 Å². The van der Waals surface area contributed by atoms with Gasteiger partial charge in [0.2, 0.25) is 0 Å². The fraction of sp³-hybridized carbons (Fsp3) is 1.00. The van der Waals surface area contributed by atoms with Crippen LogP contribution >= 0.6 is 0 Å². The Balaban J connectivity index is 2.43. The summed E-state index contributed by atoms with van der Waals surface area (Å²) in [4.78, 5) is 0. The number of halogens is 1. The Morgan fingerprint density at radius 3 is 2.83 bits per heavy atom. The summed E-state index contributed by atoms with van der Waals surface area (Å²) >= 11 is 0. The van der Waals surface area contributed by atoms with Crippen LogP contribution in [0, 0.1) is 5.41 Å². The van der Waals surface area contributed by atoms with E-state index in [1.165, 1.54) is 0 Å². The van der Waals surface area contributed by atoms with Gasteiger partial charge in [0.1, 0.15) is 6.67 Å². The number of ether oxygens (including phenoxy) is 1. The van der Waals surface area contributed by atoms with Crippen LogP contribution in [0.2, 0.25) is 0 Å². The summed E-state index contributed by atoms with van der Waals surface area (Å²) in [6.45, 7) is 1.00. The van der Waals surface area contributed by atoms with E-state index in [4.69, 9.17) is 15.6 Å². The average Bonchev–Trinajstić information content (AvgIpc) is 2.54. The lowest BCUT2D eigenvalue weighted by Gasteiger charge is -2.26. The Bertz CT molecular complexity index is 137. The van der Waals surface area contributed by atoms with Gasteiger partial charge in [0.25, 0.3) is 0 Å². The molecule has 2 atom stereocenters. The van der Waals surface area contributed by atoms with Gasteiger partial charge in [-0.1, -0.05) is 0 Å². The van der Waals surface area contributed by atoms with Crippen LogP contribution in [0.25, 0.3) is 0 Å². The van der Waals surface area contributed by atoms with Gasteiger partial charge < -0.3 is 15.6 Å². The Kier molecular flexibility index (Phi) is 3.43. The molecule has 1 heterocycles. The Morgan fingerprint density at radius 1 is 1.67 bits per heavy atom. The predicted molar refractivity (Wildman–Crippen MR) is 43.5 cm³/mol. The molecule has 4 heteroatoms. The molecule has 2 unspecified atom stereocenters. The molecule has 1 saturated heterocycles. The van der Waals surface area contributed by atoms with Gasteiger partial charge >= 0.3 is 0 Å². The van der Waals surface area contributed by atoms with Crippen LogP contribution in [-0.2, 0) is 4.74 Å². The SMILES string of the molecule is NCC1(CC(O)CF)CCOC1. The highest BCUT2D eigenvalue weighted by molar-refractivity contribution is 4.86. The largest absolute Gasteiger partial charge is 0.390 e. The molecule has 0 amide bonds. The van der Waals surface area contributed by atoms with E-state index in [2.05, 4.69) is 0 Å². The van der Waals surface area contributed by atoms with Crippen LogP contribution in [0.1, 0.15) is 12.8 Å². The highest BCUT2D eigenvalue weighted by atomic mass is 19.1. The van der Waals surface area contributed by atoms with Gasteiger partial charge in [0.15, 0.2) is 0 Å². The van der Waals surface area contributed by atoms with Gasteiger partial charge in [-0.05, 0) is 12.8 Å². The normalized spacial score (nSPS) is 32.2. The molecule has 1 aliphatic heterocycles. The molecule has 1 fully saturated rings. The van der Waals surface area contributed by atoms with E-state index in [-0.39, 0.29) is 5.41 Å². The first kappa shape index (κ1) is 9.89. The highest BCUT2D eigenvalue weighted by Crippen LogP contribution is 2.32. The van der Waals surface area contributed by atoms with Crippen molar-refractivity contribution in [1.29, 1.82) is 0 Å². The molecule has 1 aliphatic rings. The first-order valence-corrected chi connectivity index (χ1v) is 4.24. The van der Waals surface area contributed by atoms with E-state index < -0.39 is 12.8 Å². The topological polar surface area (TPSA) is 55.5 Å². The lowest BCUT2D eigenvalue weighted by molar-refractivity contribution is 0.0671. The maximum absolute atomic E-state index is 12.0. The van der Waals surface area contributed by atoms with Gasteiger partial charge in [-0.3, -0.25) is 0 Å². The van der Waals surface area contributed by atoms with Crippen molar-refractivity contribution in [3.05, 3.63) is 0 Å². The molecule has 0 aliphatic carbocycles. The lowest BCUT2D eigenvalue weighted by atomic mass is 9.82. The molecule has 0 saturated carbocycles. The molecule has 0 aromatic carbocycles. The van der Waals surface area contributed by atoms with Crippen LogP contribution in [0.3, 0.4) is 0 Å². The third-order valence-corrected chi connectivity index (χ3v) is 2.46. The molecule has 72 valence electrons. The zero-order valence-corrected chi connectivity index (χ0v) is 7.13. The number of hydrogen-bond acceptors (Lipinski definition) is 3. The zero-order valence-electron chi connectivity index (χ0n) is 7.13. The first-order valence-electron chi connectivity index (χ1n) is 4.24. The molecule has 1 rings (SSSR count). The average molecular weight is 177 g/mol. The second kappa shape index (κ2) is 4.16. The molecule has 3 N–H and O–H groups in total. The van der Waals surface area contributed by atoms with Gasteiger partial charge in [-0.25, -0.2) is 4.39 Å². The smallest absolute Gasteiger partial charge is 0.115 e. The minimum atomic E-state index is -0.879. The summed E-state index contributed by atoms with van der Waals surface area (Å²) in [6, 6.07) is 0. The number of aliphatic hydroxyl groups is 1. The van der Waals surface area contributed by atoms with Crippen molar-refractivity contribution in [3.8, 4) is 0 Å². The maximum Gasteiger partial charge on any atom is 0.115 e. The van der Waals surface area contributed by atoms with E-state index in [0.29, 0.717) is 26.2 Å². The summed E-state index contributed by atoms with van der Waals surface area (Å²) in [5.74, 6) is 0. The second-order valence-corrected chi connectivity index (χ2v) is 3.52. The fourth-order valence-corrected chi connectivity index (χ4v) is 1.61. The van der Waals surface area contributed by atoms with Crippen LogP contribution < -0.4 is 5.73 Å². The van der Waals surface area contributed by atoms with Crippen LogP contribution in [0.5, 0.6) is 0 Å². The Hall–Kier alpha value is -0.190. The van der Waals surface area contributed by atoms with Crippen molar-refractivity contribution >= 4 is 0 Å². The lowest BCUT2D eigenvalue weighted by Crippen LogP contribution is -2.35. The standard InChI is InChI=1S/C8H16FNO2/c9-4-7(11)3-8(5-10)1-2-12-6-8/h7,11H,1-6,10H2. The summed E-state index contributed by atoms with van der Waals surface area (Å²) < 4.78 is 17.2. The van der Waals surface area contributed by atoms with Gasteiger partial charge in [-0.2, -0.15) is 0 Å². The molecule has 12 heavy (non-hydrogen) atoms. The van der Waals surface area contributed by atoms with Crippen molar-refractivity contribution in [2.75, 3.05) is 26.4 Å². The first-order chi connectivity index (χ1) is 5.72. The van der Waals surface area contributed by atoms with Crippen molar-refractivity contribution < 1.29 is 14.2 Å². The van der Waals surface area contributed by atoms with E-state index in [1.807, 2.05) is 0 Å². The van der Waals surface area contributed by atoms with Crippen molar-refractivity contribution in [2.24, 2.45) is 11.1 Å². The van der Waals surface area contributed by atoms with E-state index in [0.717, 1.165) is 6.42 Å². The molecular weight excluding hydrogens is 161 g/mol. The van der Waals surface area contributed by atoms with Crippen molar-refractivity contribution in [3.63, 3.8) is 0 Å². The van der Waals surface area contributed by atoms with Crippen molar-refractivity contribution in [1.82, 2.24) is 0 Å². The van der Waals surface area contributed by atoms with Crippen LogP contribution in [-0.4, -0.2) is 37.6 Å². The number of rotatable bonds is 4. The monoisotopic (exact) mass is 177 g/mol. The zero-order chi connectivity index (χ0) is 9.03. The Morgan fingerprint density at radius 2 is 2.42 bits per heavy atom. The molecular formula is C8H16FNO2. The number of alkyl halides is 1. The predicted octanol–water partition coefficient (Wildman–Crippen LogP) is 0.0723. The summed E-state index contributed by atoms with van der Waals surface area (Å²) in [6.07, 6.45) is 0.371. The van der Waals surface area contributed by atoms with Gasteiger partial charge in [0.05, 0.1) is 12.7 Å². The Labute approximate surface area is 71.7 Å². The van der Waals surface area contributed by atoms with Crippen LogP contribution in [0.15, 0.2) is 0 Å². The molecule has 3 nitrogen and oxygen atoms in total. The van der Waals surface area contributed by atoms with E-state index >= 15 is 0 Å². The van der Waals surface area contributed by atoms with Gasteiger partial charge in [-0.15, -0.1) is 0 Å². The third-order valence-electron chi connectivity index (χ3n) is 2.46. The molecule has 0 radical (unpaired) electrons. The molecule has 0 aromatic heterocycles. The number of hydrogen-bond donors (Lipinski definition) is 2. The molecule has 0 spiro atoms. The number of nitrogens with two attached hydrogens (primary N) is 1. The summed E-state index contributed by atoms with van der Waals surface area (Å²) in [5.41, 5.74) is 5.38. The highest BCUT2D eigenvalue weighted by Gasteiger charge is 2.35. The summed E-state index contributed by atoms with van der Waals surface area (Å²) in [7, 11) is 0. The number of aliphatic hydroxyl groups excluding tert-OH is 1. The van der Waals surface area contributed by atoms with E-state index in [1.54, 1.807) is 0 Å². The van der Waals surface area contributed by atoms with Crippen LogP contribution in [0.4, 0.5) is 4.39 Å². The second-order valence-electron chi connectivity index (χ2n) is 3.52. The van der Waals surface area contributed by atoms with E-state index in [9.17, 15) is 4.39 Å². The minimum absolute atomic E-state index is 0.175. The minimum Gasteiger partial charge on any atom is -0.390 e. The molecule has 0 bridgehead atoms.